The highest BCUT2D eigenvalue weighted by molar-refractivity contribution is 5.19. The molecule has 3 N–H and O–H groups in total. The van der Waals surface area contributed by atoms with Crippen LogP contribution in [0.1, 0.15) is 12.0 Å². The Hall–Kier alpha value is -1.21. The monoisotopic (exact) mass is 254 g/mol. The van der Waals surface area contributed by atoms with E-state index in [1.54, 1.807) is 0 Å². The molecule has 0 aromatic heterocycles. The van der Waals surface area contributed by atoms with E-state index in [4.69, 9.17) is 5.84 Å². The predicted molar refractivity (Wildman–Crippen MR) is 51.8 cm³/mol. The maximum Gasteiger partial charge on any atom is 0.390 e. The molecule has 0 bridgehead atoms. The maximum atomic E-state index is 13.2. The molecular formula is C10H11F5N2. The summed E-state index contributed by atoms with van der Waals surface area (Å²) in [5.74, 6) is 3.30. The van der Waals surface area contributed by atoms with E-state index < -0.39 is 30.3 Å². The number of benzene rings is 1. The van der Waals surface area contributed by atoms with Crippen molar-refractivity contribution in [1.82, 2.24) is 5.43 Å². The number of nitrogens with two attached hydrogens (primary N) is 1. The first-order valence-electron chi connectivity index (χ1n) is 4.78. The molecule has 1 atom stereocenters. The molecule has 0 aliphatic heterocycles. The molecule has 2 nitrogen and oxygen atoms in total. The standard InChI is InChI=1S/C10H11F5N2/c11-7-2-1-6(9(12)4-7)3-8(17-16)5-10(13,14)15/h1-2,4,8,17H,3,5,16H2. The van der Waals surface area contributed by atoms with Crippen LogP contribution in [0, 0.1) is 11.6 Å². The molecule has 7 heteroatoms. The van der Waals surface area contributed by atoms with Crippen LogP contribution in [0.3, 0.4) is 0 Å². The molecule has 17 heavy (non-hydrogen) atoms. The Balaban J connectivity index is 2.74. The number of halogens is 5. The van der Waals surface area contributed by atoms with Gasteiger partial charge in [-0.15, -0.1) is 0 Å². The van der Waals surface area contributed by atoms with E-state index in [-0.39, 0.29) is 12.0 Å². The van der Waals surface area contributed by atoms with Crippen molar-refractivity contribution in [3.05, 3.63) is 35.4 Å². The Morgan fingerprint density at radius 3 is 2.35 bits per heavy atom. The Morgan fingerprint density at radius 2 is 1.88 bits per heavy atom. The summed E-state index contributed by atoms with van der Waals surface area (Å²) >= 11 is 0. The van der Waals surface area contributed by atoms with Gasteiger partial charge in [0.25, 0.3) is 0 Å². The fraction of sp³-hybridized carbons (Fsp3) is 0.400. The Morgan fingerprint density at radius 1 is 1.24 bits per heavy atom. The molecular weight excluding hydrogens is 243 g/mol. The summed E-state index contributed by atoms with van der Waals surface area (Å²) < 4.78 is 62.1. The lowest BCUT2D eigenvalue weighted by Crippen LogP contribution is -2.40. The zero-order chi connectivity index (χ0) is 13.1. The Labute approximate surface area is 94.6 Å². The molecule has 1 rings (SSSR count). The maximum absolute atomic E-state index is 13.2. The lowest BCUT2D eigenvalue weighted by Gasteiger charge is -2.18. The van der Waals surface area contributed by atoms with Crippen LogP contribution in [0.5, 0.6) is 0 Å². The second-order valence-electron chi connectivity index (χ2n) is 3.62. The first-order valence-corrected chi connectivity index (χ1v) is 4.78. The van der Waals surface area contributed by atoms with E-state index >= 15 is 0 Å². The van der Waals surface area contributed by atoms with Gasteiger partial charge in [-0.05, 0) is 18.1 Å². The molecule has 1 aromatic carbocycles. The van der Waals surface area contributed by atoms with Gasteiger partial charge in [-0.1, -0.05) is 6.07 Å². The fourth-order valence-electron chi connectivity index (χ4n) is 1.42. The molecule has 0 aliphatic rings. The Kier molecular flexibility index (Phi) is 4.41. The van der Waals surface area contributed by atoms with Crippen LogP contribution in [0.2, 0.25) is 0 Å². The van der Waals surface area contributed by atoms with Gasteiger partial charge in [0.15, 0.2) is 0 Å². The summed E-state index contributed by atoms with van der Waals surface area (Å²) in [6, 6.07) is 1.57. The summed E-state index contributed by atoms with van der Waals surface area (Å²) in [4.78, 5) is 0. The van der Waals surface area contributed by atoms with Crippen molar-refractivity contribution in [2.75, 3.05) is 0 Å². The zero-order valence-corrected chi connectivity index (χ0v) is 8.69. The van der Waals surface area contributed by atoms with E-state index in [0.29, 0.717) is 6.07 Å². The normalized spacial score (nSPS) is 13.8. The minimum Gasteiger partial charge on any atom is -0.271 e. The van der Waals surface area contributed by atoms with Gasteiger partial charge in [0.2, 0.25) is 0 Å². The lowest BCUT2D eigenvalue weighted by molar-refractivity contribution is -0.140. The molecule has 0 fully saturated rings. The van der Waals surface area contributed by atoms with Gasteiger partial charge < -0.3 is 0 Å². The minimum atomic E-state index is -4.40. The molecule has 0 radical (unpaired) electrons. The van der Waals surface area contributed by atoms with E-state index in [1.165, 1.54) is 0 Å². The topological polar surface area (TPSA) is 38.0 Å². The first-order chi connectivity index (χ1) is 7.81. The summed E-state index contributed by atoms with van der Waals surface area (Å²) in [7, 11) is 0. The summed E-state index contributed by atoms with van der Waals surface area (Å²) in [6.07, 6.45) is -5.84. The molecule has 0 saturated carbocycles. The van der Waals surface area contributed by atoms with Crippen molar-refractivity contribution < 1.29 is 22.0 Å². The zero-order valence-electron chi connectivity index (χ0n) is 8.69. The molecule has 1 unspecified atom stereocenters. The molecule has 0 saturated heterocycles. The Bertz CT molecular complexity index is 377. The van der Waals surface area contributed by atoms with Gasteiger partial charge in [-0.25, -0.2) is 8.78 Å². The third-order valence-corrected chi connectivity index (χ3v) is 2.19. The number of hydrazine groups is 1. The third kappa shape index (κ3) is 4.66. The molecule has 0 aliphatic carbocycles. The fourth-order valence-corrected chi connectivity index (χ4v) is 1.42. The van der Waals surface area contributed by atoms with Crippen molar-refractivity contribution in [2.24, 2.45) is 5.84 Å². The largest absolute Gasteiger partial charge is 0.390 e. The highest BCUT2D eigenvalue weighted by Gasteiger charge is 2.31. The summed E-state index contributed by atoms with van der Waals surface area (Å²) in [5.41, 5.74) is 1.95. The quantitative estimate of drug-likeness (QED) is 0.491. The van der Waals surface area contributed by atoms with Crippen molar-refractivity contribution in [1.29, 1.82) is 0 Å². The number of hydrogen-bond donors (Lipinski definition) is 2. The van der Waals surface area contributed by atoms with Crippen molar-refractivity contribution in [2.45, 2.75) is 25.1 Å². The van der Waals surface area contributed by atoms with Crippen LogP contribution in [-0.4, -0.2) is 12.2 Å². The predicted octanol–water partition coefficient (Wildman–Crippen LogP) is 2.29. The highest BCUT2D eigenvalue weighted by Crippen LogP contribution is 2.23. The van der Waals surface area contributed by atoms with Crippen LogP contribution in [0.15, 0.2) is 18.2 Å². The van der Waals surface area contributed by atoms with Gasteiger partial charge in [-0.3, -0.25) is 11.3 Å². The molecule has 0 heterocycles. The number of rotatable bonds is 4. The van der Waals surface area contributed by atoms with Gasteiger partial charge in [0.05, 0.1) is 6.42 Å². The van der Waals surface area contributed by atoms with Crippen LogP contribution < -0.4 is 11.3 Å². The number of hydrogen-bond acceptors (Lipinski definition) is 2. The summed E-state index contributed by atoms with van der Waals surface area (Å²) in [5, 5.41) is 0. The van der Waals surface area contributed by atoms with Crippen LogP contribution in [0.25, 0.3) is 0 Å². The molecule has 1 aromatic rings. The van der Waals surface area contributed by atoms with Crippen molar-refractivity contribution in [3.63, 3.8) is 0 Å². The number of alkyl halides is 3. The average molecular weight is 254 g/mol. The van der Waals surface area contributed by atoms with Gasteiger partial charge >= 0.3 is 6.18 Å². The van der Waals surface area contributed by atoms with E-state index in [0.717, 1.165) is 12.1 Å². The third-order valence-electron chi connectivity index (χ3n) is 2.19. The molecule has 96 valence electrons. The van der Waals surface area contributed by atoms with Crippen molar-refractivity contribution in [3.8, 4) is 0 Å². The van der Waals surface area contributed by atoms with E-state index in [9.17, 15) is 22.0 Å². The van der Waals surface area contributed by atoms with Gasteiger partial charge in [0.1, 0.15) is 11.6 Å². The second-order valence-corrected chi connectivity index (χ2v) is 3.62. The smallest absolute Gasteiger partial charge is 0.271 e. The molecule has 0 spiro atoms. The minimum absolute atomic E-state index is 0.0152. The lowest BCUT2D eigenvalue weighted by atomic mass is 10.0. The van der Waals surface area contributed by atoms with Crippen LogP contribution >= 0.6 is 0 Å². The van der Waals surface area contributed by atoms with E-state index in [2.05, 4.69) is 0 Å². The molecule has 0 amide bonds. The van der Waals surface area contributed by atoms with Crippen LogP contribution in [0.4, 0.5) is 22.0 Å². The SMILES string of the molecule is NNC(Cc1ccc(F)cc1F)CC(F)(F)F. The average Bonchev–Trinajstić information content (AvgIpc) is 2.19. The van der Waals surface area contributed by atoms with Gasteiger partial charge in [0, 0.05) is 12.1 Å². The van der Waals surface area contributed by atoms with E-state index in [1.807, 2.05) is 5.43 Å². The van der Waals surface area contributed by atoms with Crippen LogP contribution in [-0.2, 0) is 6.42 Å². The first kappa shape index (κ1) is 13.9. The van der Waals surface area contributed by atoms with Crippen molar-refractivity contribution >= 4 is 0 Å². The summed E-state index contributed by atoms with van der Waals surface area (Å²) in [6.45, 7) is 0. The number of nitrogens with one attached hydrogen (secondary N) is 1. The van der Waals surface area contributed by atoms with Gasteiger partial charge in [-0.2, -0.15) is 13.2 Å². The highest BCUT2D eigenvalue weighted by atomic mass is 19.4. The second kappa shape index (κ2) is 5.42.